The number of rotatable bonds is 2. The first-order chi connectivity index (χ1) is 9.78. The summed E-state index contributed by atoms with van der Waals surface area (Å²) >= 11 is 0. The fourth-order valence-electron chi connectivity index (χ4n) is 2.49. The summed E-state index contributed by atoms with van der Waals surface area (Å²) in [5, 5.41) is 9.72. The van der Waals surface area contributed by atoms with Crippen molar-refractivity contribution in [2.75, 3.05) is 13.1 Å². The Balaban J connectivity index is 1.99. The number of amides is 1. The number of likely N-dealkylation sites (tertiary alicyclic amines) is 1. The molecule has 1 saturated heterocycles. The van der Waals surface area contributed by atoms with Crippen LogP contribution in [0.3, 0.4) is 0 Å². The third kappa shape index (κ3) is 3.86. The summed E-state index contributed by atoms with van der Waals surface area (Å²) in [4.78, 5) is 13.5. The van der Waals surface area contributed by atoms with Gasteiger partial charge in [0.25, 0.3) is 0 Å². The summed E-state index contributed by atoms with van der Waals surface area (Å²) in [6.45, 7) is 6.20. The van der Waals surface area contributed by atoms with E-state index >= 15 is 0 Å². The van der Waals surface area contributed by atoms with Crippen LogP contribution < -0.4 is 0 Å². The molecule has 0 saturated carbocycles. The van der Waals surface area contributed by atoms with Crippen LogP contribution in [0.4, 0.5) is 9.18 Å². The van der Waals surface area contributed by atoms with Gasteiger partial charge in [0, 0.05) is 24.6 Å². The lowest BCUT2D eigenvalue weighted by molar-refractivity contribution is 0.0281. The van der Waals surface area contributed by atoms with Gasteiger partial charge in [0.15, 0.2) is 0 Å². The molecule has 0 spiro atoms. The van der Waals surface area contributed by atoms with Gasteiger partial charge in [0.2, 0.25) is 0 Å². The van der Waals surface area contributed by atoms with Crippen LogP contribution >= 0.6 is 0 Å². The minimum Gasteiger partial charge on any atom is -0.508 e. The van der Waals surface area contributed by atoms with E-state index in [9.17, 15) is 14.3 Å². The van der Waals surface area contributed by atoms with Gasteiger partial charge in [-0.15, -0.1) is 0 Å². The van der Waals surface area contributed by atoms with E-state index in [1.165, 1.54) is 11.0 Å². The van der Waals surface area contributed by atoms with E-state index in [4.69, 9.17) is 4.74 Å². The summed E-state index contributed by atoms with van der Waals surface area (Å²) in [5.74, 6) is -0.355. The van der Waals surface area contributed by atoms with Gasteiger partial charge in [0.05, 0.1) is 0 Å². The zero-order valence-electron chi connectivity index (χ0n) is 12.7. The molecule has 1 fully saturated rings. The van der Waals surface area contributed by atoms with Crippen molar-refractivity contribution in [1.82, 2.24) is 4.90 Å². The number of aromatic hydroxyl groups is 1. The summed E-state index contributed by atoms with van der Waals surface area (Å²) in [6, 6.07) is 6.41. The summed E-state index contributed by atoms with van der Waals surface area (Å²) in [5.41, 5.74) is -0.268. The Labute approximate surface area is 124 Å². The molecule has 1 N–H and O–H groups in total. The maximum atomic E-state index is 14.5. The molecule has 2 unspecified atom stereocenters. The van der Waals surface area contributed by atoms with Crippen molar-refractivity contribution in [1.29, 1.82) is 0 Å². The van der Waals surface area contributed by atoms with Crippen LogP contribution in [0.2, 0.25) is 0 Å². The highest BCUT2D eigenvalue weighted by atomic mass is 19.1. The van der Waals surface area contributed by atoms with Crippen molar-refractivity contribution in [2.45, 2.75) is 39.0 Å². The number of alkyl halides is 1. The van der Waals surface area contributed by atoms with Crippen LogP contribution in [-0.2, 0) is 4.74 Å². The second-order valence-corrected chi connectivity index (χ2v) is 6.44. The van der Waals surface area contributed by atoms with Crippen LogP contribution in [-0.4, -0.2) is 34.8 Å². The maximum absolute atomic E-state index is 14.5. The average Bonchev–Trinajstić information content (AvgIpc) is 2.86. The summed E-state index contributed by atoms with van der Waals surface area (Å²) in [6.07, 6.45) is -1.12. The van der Waals surface area contributed by atoms with E-state index in [1.54, 1.807) is 39.0 Å². The van der Waals surface area contributed by atoms with Gasteiger partial charge in [0.1, 0.15) is 17.5 Å². The Morgan fingerprint density at radius 2 is 2.10 bits per heavy atom. The van der Waals surface area contributed by atoms with Crippen molar-refractivity contribution >= 4 is 6.09 Å². The monoisotopic (exact) mass is 295 g/mol. The molecule has 0 aliphatic carbocycles. The van der Waals surface area contributed by atoms with E-state index in [1.807, 2.05) is 0 Å². The number of benzene rings is 1. The minimum absolute atomic E-state index is 0.0410. The van der Waals surface area contributed by atoms with Gasteiger partial charge in [-0.3, -0.25) is 0 Å². The molecule has 1 aromatic rings. The molecule has 5 heteroatoms. The van der Waals surface area contributed by atoms with E-state index in [0.717, 1.165) is 0 Å². The number of phenolic OH excluding ortho intramolecular Hbond substituents is 1. The minimum atomic E-state index is -1.28. The van der Waals surface area contributed by atoms with Crippen LogP contribution in [0.1, 0.15) is 38.9 Å². The number of hydrogen-bond acceptors (Lipinski definition) is 3. The lowest BCUT2D eigenvalue weighted by Gasteiger charge is -2.24. The lowest BCUT2D eigenvalue weighted by atomic mass is 9.96. The SMILES string of the molecule is CC(C)(C)OC(=O)N1CCC(C(F)c2ccccc2O)C1. The third-order valence-electron chi connectivity index (χ3n) is 3.52. The van der Waals surface area contributed by atoms with E-state index in [0.29, 0.717) is 19.5 Å². The number of phenols is 1. The molecular formula is C16H22FNO3. The Morgan fingerprint density at radius 3 is 2.71 bits per heavy atom. The predicted octanol–water partition coefficient (Wildman–Crippen LogP) is 3.66. The Morgan fingerprint density at radius 1 is 1.43 bits per heavy atom. The molecule has 0 bridgehead atoms. The highest BCUT2D eigenvalue weighted by molar-refractivity contribution is 5.68. The molecule has 21 heavy (non-hydrogen) atoms. The normalized spacial score (nSPS) is 20.4. The summed E-state index contributed by atoms with van der Waals surface area (Å²) in [7, 11) is 0. The van der Waals surface area contributed by atoms with Crippen LogP contribution in [0, 0.1) is 5.92 Å². The fourth-order valence-corrected chi connectivity index (χ4v) is 2.49. The Hall–Kier alpha value is -1.78. The quantitative estimate of drug-likeness (QED) is 0.906. The van der Waals surface area contributed by atoms with Crippen molar-refractivity contribution in [3.63, 3.8) is 0 Å². The molecule has 116 valence electrons. The number of nitrogens with zero attached hydrogens (tertiary/aromatic N) is 1. The number of carbonyl (C=O) groups is 1. The number of halogens is 1. The van der Waals surface area contributed by atoms with E-state index in [2.05, 4.69) is 0 Å². The Kier molecular flexibility index (Phi) is 4.40. The van der Waals surface area contributed by atoms with Crippen molar-refractivity contribution in [3.8, 4) is 5.75 Å². The van der Waals surface area contributed by atoms with Crippen molar-refractivity contribution in [3.05, 3.63) is 29.8 Å². The van der Waals surface area contributed by atoms with E-state index in [-0.39, 0.29) is 17.2 Å². The molecule has 4 nitrogen and oxygen atoms in total. The van der Waals surface area contributed by atoms with Crippen LogP contribution in [0.15, 0.2) is 24.3 Å². The first kappa shape index (κ1) is 15.6. The number of hydrogen-bond donors (Lipinski definition) is 1. The van der Waals surface area contributed by atoms with Crippen LogP contribution in [0.5, 0.6) is 5.75 Å². The lowest BCUT2D eigenvalue weighted by Crippen LogP contribution is -2.35. The number of ether oxygens (including phenoxy) is 1. The zero-order valence-corrected chi connectivity index (χ0v) is 12.7. The van der Waals surface area contributed by atoms with Gasteiger partial charge in [-0.25, -0.2) is 9.18 Å². The zero-order chi connectivity index (χ0) is 15.6. The standard InChI is InChI=1S/C16H22FNO3/c1-16(2,3)21-15(20)18-9-8-11(10-18)14(17)12-6-4-5-7-13(12)19/h4-7,11,14,19H,8-10H2,1-3H3. The average molecular weight is 295 g/mol. The predicted molar refractivity (Wildman–Crippen MR) is 77.9 cm³/mol. The first-order valence-corrected chi connectivity index (χ1v) is 7.18. The molecule has 0 aromatic heterocycles. The van der Waals surface area contributed by atoms with Gasteiger partial charge in [-0.2, -0.15) is 0 Å². The van der Waals surface area contributed by atoms with E-state index < -0.39 is 17.9 Å². The maximum Gasteiger partial charge on any atom is 0.410 e. The molecule has 1 amide bonds. The third-order valence-corrected chi connectivity index (χ3v) is 3.52. The fraction of sp³-hybridized carbons (Fsp3) is 0.562. The summed E-state index contributed by atoms with van der Waals surface area (Å²) < 4.78 is 19.8. The van der Waals surface area contributed by atoms with Crippen molar-refractivity contribution in [2.24, 2.45) is 5.92 Å². The molecule has 1 aliphatic rings. The Bertz CT molecular complexity index is 512. The molecular weight excluding hydrogens is 273 g/mol. The van der Waals surface area contributed by atoms with Crippen molar-refractivity contribution < 1.29 is 19.0 Å². The smallest absolute Gasteiger partial charge is 0.410 e. The van der Waals surface area contributed by atoms with Gasteiger partial charge >= 0.3 is 6.09 Å². The van der Waals surface area contributed by atoms with Crippen LogP contribution in [0.25, 0.3) is 0 Å². The molecule has 1 aromatic carbocycles. The highest BCUT2D eigenvalue weighted by Gasteiger charge is 2.35. The first-order valence-electron chi connectivity index (χ1n) is 7.18. The molecule has 1 heterocycles. The van der Waals surface area contributed by atoms with Gasteiger partial charge in [-0.1, -0.05) is 18.2 Å². The molecule has 2 atom stereocenters. The molecule has 2 rings (SSSR count). The second-order valence-electron chi connectivity index (χ2n) is 6.44. The number of para-hydroxylation sites is 1. The topological polar surface area (TPSA) is 49.8 Å². The highest BCUT2D eigenvalue weighted by Crippen LogP contribution is 2.37. The largest absolute Gasteiger partial charge is 0.508 e. The van der Waals surface area contributed by atoms with Gasteiger partial charge in [-0.05, 0) is 33.3 Å². The molecule has 1 aliphatic heterocycles. The molecule has 0 radical (unpaired) electrons. The number of carbonyl (C=O) groups excluding carboxylic acids is 1. The van der Waals surface area contributed by atoms with Gasteiger partial charge < -0.3 is 14.7 Å². The second kappa shape index (κ2) is 5.92.